The third-order valence-corrected chi connectivity index (χ3v) is 8.07. The summed E-state index contributed by atoms with van der Waals surface area (Å²) in [6, 6.07) is 0. The topological polar surface area (TPSA) is 47.3 Å². The molecular formula is C19H17N3OS2. The van der Waals surface area contributed by atoms with Crippen LogP contribution in [0.5, 0.6) is 0 Å². The molecule has 2 aliphatic rings. The third-order valence-electron chi connectivity index (χ3n) is 5.69. The van der Waals surface area contributed by atoms with Crippen molar-refractivity contribution in [2.24, 2.45) is 0 Å². The Morgan fingerprint density at radius 3 is 2.24 bits per heavy atom. The lowest BCUT2D eigenvalue weighted by atomic mass is 9.96. The smallest absolute Gasteiger partial charge is 0.268 e. The van der Waals surface area contributed by atoms with Crippen LogP contribution in [0.1, 0.15) is 46.6 Å². The number of aryl methyl sites for hydroxylation is 4. The number of thiophene rings is 2. The van der Waals surface area contributed by atoms with Crippen molar-refractivity contribution in [3.63, 3.8) is 0 Å². The lowest BCUT2D eigenvalue weighted by Gasteiger charge is -2.11. The quantitative estimate of drug-likeness (QED) is 0.466. The highest BCUT2D eigenvalue weighted by Gasteiger charge is 2.24. The lowest BCUT2D eigenvalue weighted by Crippen LogP contribution is -2.17. The molecule has 2 aliphatic carbocycles. The average Bonchev–Trinajstić information content (AvgIpc) is 3.19. The molecule has 0 unspecified atom stereocenters. The van der Waals surface area contributed by atoms with E-state index in [4.69, 9.17) is 4.98 Å². The molecule has 0 spiro atoms. The molecular weight excluding hydrogens is 350 g/mol. The van der Waals surface area contributed by atoms with E-state index in [1.807, 2.05) is 0 Å². The van der Waals surface area contributed by atoms with E-state index in [1.54, 1.807) is 33.4 Å². The van der Waals surface area contributed by atoms with E-state index in [9.17, 15) is 4.79 Å². The van der Waals surface area contributed by atoms with E-state index in [-0.39, 0.29) is 5.56 Å². The maximum Gasteiger partial charge on any atom is 0.268 e. The van der Waals surface area contributed by atoms with Crippen LogP contribution < -0.4 is 5.56 Å². The maximum atomic E-state index is 13.2. The van der Waals surface area contributed by atoms with Gasteiger partial charge in [0.15, 0.2) is 5.65 Å². The van der Waals surface area contributed by atoms with E-state index in [0.717, 1.165) is 51.8 Å². The fourth-order valence-corrected chi connectivity index (χ4v) is 6.96. The third kappa shape index (κ3) is 1.89. The summed E-state index contributed by atoms with van der Waals surface area (Å²) >= 11 is 3.53. The summed E-state index contributed by atoms with van der Waals surface area (Å²) in [6.07, 6.45) is 10.9. The van der Waals surface area contributed by atoms with E-state index in [1.165, 1.54) is 46.6 Å². The minimum atomic E-state index is 0.0737. The maximum absolute atomic E-state index is 13.2. The minimum absolute atomic E-state index is 0.0737. The largest absolute Gasteiger partial charge is 0.268 e. The molecule has 6 heteroatoms. The predicted molar refractivity (Wildman–Crippen MR) is 103 cm³/mol. The SMILES string of the molecule is O=c1c2c3c(sc2nc2c4c5c(sc4ncn12)CCCC5)CCCC3. The average molecular weight is 367 g/mol. The van der Waals surface area contributed by atoms with Crippen LogP contribution in [0.15, 0.2) is 11.1 Å². The van der Waals surface area contributed by atoms with E-state index in [2.05, 4.69) is 4.98 Å². The van der Waals surface area contributed by atoms with Gasteiger partial charge in [-0.1, -0.05) is 0 Å². The number of hydrogen-bond donors (Lipinski definition) is 0. The molecule has 6 rings (SSSR count). The van der Waals surface area contributed by atoms with Gasteiger partial charge in [-0.25, -0.2) is 14.4 Å². The van der Waals surface area contributed by atoms with Crippen LogP contribution in [0, 0.1) is 0 Å². The monoisotopic (exact) mass is 367 g/mol. The van der Waals surface area contributed by atoms with E-state index in [0.29, 0.717) is 0 Å². The zero-order valence-corrected chi connectivity index (χ0v) is 15.4. The van der Waals surface area contributed by atoms with Gasteiger partial charge in [-0.3, -0.25) is 4.79 Å². The molecule has 0 radical (unpaired) electrons. The van der Waals surface area contributed by atoms with Gasteiger partial charge in [0.2, 0.25) is 0 Å². The van der Waals surface area contributed by atoms with Crippen molar-refractivity contribution in [1.82, 2.24) is 14.4 Å². The Morgan fingerprint density at radius 1 is 0.840 bits per heavy atom. The Morgan fingerprint density at radius 2 is 1.48 bits per heavy atom. The first-order chi connectivity index (χ1) is 12.3. The molecule has 0 saturated carbocycles. The second kappa shape index (κ2) is 5.11. The Balaban J connectivity index is 1.79. The summed E-state index contributed by atoms with van der Waals surface area (Å²) < 4.78 is 1.70. The van der Waals surface area contributed by atoms with Crippen LogP contribution in [0.4, 0.5) is 0 Å². The van der Waals surface area contributed by atoms with Crippen molar-refractivity contribution in [2.75, 3.05) is 0 Å². The molecule has 0 N–H and O–H groups in total. The molecule has 4 nitrogen and oxygen atoms in total. The van der Waals surface area contributed by atoms with Gasteiger partial charge in [-0.05, 0) is 62.5 Å². The van der Waals surface area contributed by atoms with Crippen molar-refractivity contribution >= 4 is 48.8 Å². The molecule has 0 atom stereocenters. The van der Waals surface area contributed by atoms with Crippen molar-refractivity contribution in [1.29, 1.82) is 0 Å². The highest BCUT2D eigenvalue weighted by atomic mass is 32.1. The number of nitrogens with zero attached hydrogens (tertiary/aromatic N) is 3. The molecule has 0 aliphatic heterocycles. The second-order valence-electron chi connectivity index (χ2n) is 7.14. The highest BCUT2D eigenvalue weighted by molar-refractivity contribution is 7.19. The summed E-state index contributed by atoms with van der Waals surface area (Å²) in [5, 5.41) is 1.98. The Labute approximate surface area is 152 Å². The van der Waals surface area contributed by atoms with Crippen molar-refractivity contribution < 1.29 is 0 Å². The second-order valence-corrected chi connectivity index (χ2v) is 9.30. The molecule has 0 amide bonds. The van der Waals surface area contributed by atoms with Gasteiger partial charge in [-0.15, -0.1) is 22.7 Å². The summed E-state index contributed by atoms with van der Waals surface area (Å²) in [5.41, 5.74) is 3.54. The van der Waals surface area contributed by atoms with E-state index >= 15 is 0 Å². The summed E-state index contributed by atoms with van der Waals surface area (Å²) in [5.74, 6) is 0. The normalized spacial score (nSPS) is 17.3. The van der Waals surface area contributed by atoms with Gasteiger partial charge < -0.3 is 0 Å². The molecule has 4 heterocycles. The van der Waals surface area contributed by atoms with Crippen molar-refractivity contribution in [2.45, 2.75) is 51.4 Å². The summed E-state index contributed by atoms with van der Waals surface area (Å²) in [7, 11) is 0. The first-order valence-corrected chi connectivity index (χ1v) is 10.7. The number of hydrogen-bond acceptors (Lipinski definition) is 5. The first-order valence-electron chi connectivity index (χ1n) is 9.07. The van der Waals surface area contributed by atoms with Crippen LogP contribution >= 0.6 is 22.7 Å². The fourth-order valence-electron chi connectivity index (χ4n) is 4.48. The Kier molecular flexibility index (Phi) is 2.94. The van der Waals surface area contributed by atoms with Crippen LogP contribution in [-0.2, 0) is 25.7 Å². The highest BCUT2D eigenvalue weighted by Crippen LogP contribution is 2.38. The Hall–Kier alpha value is -1.79. The first kappa shape index (κ1) is 14.4. The van der Waals surface area contributed by atoms with Crippen LogP contribution in [0.2, 0.25) is 0 Å². The van der Waals surface area contributed by atoms with Gasteiger partial charge in [0.05, 0.1) is 10.8 Å². The van der Waals surface area contributed by atoms with Crippen LogP contribution in [0.3, 0.4) is 0 Å². The molecule has 0 aromatic carbocycles. The number of fused-ring (bicyclic) bond motifs is 8. The fraction of sp³-hybridized carbons (Fsp3) is 0.421. The predicted octanol–water partition coefficient (Wildman–Crippen LogP) is 4.28. The molecule has 0 fully saturated rings. The molecule has 4 aromatic rings. The number of aromatic nitrogens is 3. The zero-order chi connectivity index (χ0) is 16.5. The van der Waals surface area contributed by atoms with Crippen LogP contribution in [-0.4, -0.2) is 14.4 Å². The van der Waals surface area contributed by atoms with Gasteiger partial charge in [0, 0.05) is 9.75 Å². The molecule has 25 heavy (non-hydrogen) atoms. The Bertz CT molecular complexity index is 1230. The van der Waals surface area contributed by atoms with Gasteiger partial charge in [-0.2, -0.15) is 0 Å². The summed E-state index contributed by atoms with van der Waals surface area (Å²) in [6.45, 7) is 0. The zero-order valence-electron chi connectivity index (χ0n) is 13.8. The molecule has 126 valence electrons. The molecule has 4 aromatic heterocycles. The van der Waals surface area contributed by atoms with Gasteiger partial charge in [0.1, 0.15) is 16.0 Å². The van der Waals surface area contributed by atoms with Crippen molar-refractivity contribution in [3.05, 3.63) is 37.6 Å². The number of rotatable bonds is 0. The van der Waals surface area contributed by atoms with Gasteiger partial charge in [0.25, 0.3) is 5.56 Å². The standard InChI is InChI=1S/C19H17N3OS2/c23-19-15-11-6-2-4-8-13(11)25-18(15)21-16-14-10-5-1-3-7-12(10)24-17(14)20-9-22(16)19/h9H,1-8H2. The van der Waals surface area contributed by atoms with Crippen molar-refractivity contribution in [3.8, 4) is 0 Å². The summed E-state index contributed by atoms with van der Waals surface area (Å²) in [4.78, 5) is 27.7. The lowest BCUT2D eigenvalue weighted by molar-refractivity contribution is 0.699. The molecule has 0 bridgehead atoms. The molecule has 0 saturated heterocycles. The van der Waals surface area contributed by atoms with Gasteiger partial charge >= 0.3 is 0 Å². The van der Waals surface area contributed by atoms with Crippen LogP contribution in [0.25, 0.3) is 26.1 Å². The van der Waals surface area contributed by atoms with E-state index < -0.39 is 0 Å². The minimum Gasteiger partial charge on any atom is -0.268 e.